The molecule has 0 fully saturated rings. The van der Waals surface area contributed by atoms with Crippen LogP contribution in [-0.4, -0.2) is 33.6 Å². The van der Waals surface area contributed by atoms with Gasteiger partial charge in [0.1, 0.15) is 5.65 Å². The maximum absolute atomic E-state index is 11.9. The van der Waals surface area contributed by atoms with E-state index >= 15 is 0 Å². The number of hydrogen-bond acceptors (Lipinski definition) is 3. The Morgan fingerprint density at radius 3 is 2.95 bits per heavy atom. The zero-order valence-corrected chi connectivity index (χ0v) is 12.7. The molecule has 2 heterocycles. The first kappa shape index (κ1) is 15.5. The van der Waals surface area contributed by atoms with Crippen LogP contribution < -0.4 is 5.32 Å². The number of aromatic nitrogens is 2. The van der Waals surface area contributed by atoms with E-state index in [2.05, 4.69) is 10.3 Å². The number of nitrogens with one attached hydrogen (secondary N) is 1. The smallest absolute Gasteiger partial charge is 0.226 e. The Bertz CT molecular complexity index is 571. The largest absolute Gasteiger partial charge is 0.396 e. The average Bonchev–Trinajstić information content (AvgIpc) is 2.85. The number of carbonyl (C=O) groups excluding carboxylic acids is 1. The number of pyridine rings is 1. The van der Waals surface area contributed by atoms with E-state index in [1.807, 2.05) is 48.8 Å². The first-order valence-electron chi connectivity index (χ1n) is 7.30. The van der Waals surface area contributed by atoms with Gasteiger partial charge in [0.2, 0.25) is 5.91 Å². The predicted octanol–water partition coefficient (Wildman–Crippen LogP) is 1.79. The Kier molecular flexibility index (Phi) is 4.96. The van der Waals surface area contributed by atoms with Gasteiger partial charge in [0, 0.05) is 25.5 Å². The number of aliphatic hydroxyl groups excluding tert-OH is 1. The van der Waals surface area contributed by atoms with E-state index in [1.54, 1.807) is 0 Å². The molecule has 1 amide bonds. The number of imidazole rings is 1. The third kappa shape index (κ3) is 4.56. The average molecular weight is 289 g/mol. The summed E-state index contributed by atoms with van der Waals surface area (Å²) in [6.45, 7) is 4.84. The summed E-state index contributed by atoms with van der Waals surface area (Å²) < 4.78 is 1.91. The number of aliphatic hydroxyl groups is 1. The van der Waals surface area contributed by atoms with E-state index in [4.69, 9.17) is 5.11 Å². The van der Waals surface area contributed by atoms with Gasteiger partial charge in [0.05, 0.1) is 12.1 Å². The van der Waals surface area contributed by atoms with E-state index in [9.17, 15) is 4.79 Å². The van der Waals surface area contributed by atoms with Gasteiger partial charge in [0.25, 0.3) is 0 Å². The van der Waals surface area contributed by atoms with Gasteiger partial charge in [-0.25, -0.2) is 4.98 Å². The Labute approximate surface area is 125 Å². The molecule has 5 heteroatoms. The number of amides is 1. The van der Waals surface area contributed by atoms with Crippen molar-refractivity contribution in [2.24, 2.45) is 5.41 Å². The molecule has 2 aromatic rings. The van der Waals surface area contributed by atoms with Crippen LogP contribution >= 0.6 is 0 Å². The molecule has 0 aromatic carbocycles. The van der Waals surface area contributed by atoms with Crippen LogP contribution in [-0.2, 0) is 11.2 Å². The standard InChI is InChI=1S/C16H23N3O2/c1-16(2,12-20)7-5-8-17-15(21)10-13-11-19-9-4-3-6-14(19)18-13/h3-4,6,9,11,20H,5,7-8,10,12H2,1-2H3,(H,17,21). The summed E-state index contributed by atoms with van der Waals surface area (Å²) >= 11 is 0. The van der Waals surface area contributed by atoms with Crippen molar-refractivity contribution in [1.29, 1.82) is 0 Å². The fourth-order valence-electron chi connectivity index (χ4n) is 2.17. The normalized spacial score (nSPS) is 11.8. The van der Waals surface area contributed by atoms with Gasteiger partial charge in [-0.2, -0.15) is 0 Å². The Balaban J connectivity index is 1.77. The summed E-state index contributed by atoms with van der Waals surface area (Å²) in [5, 5.41) is 12.1. The van der Waals surface area contributed by atoms with E-state index < -0.39 is 0 Å². The van der Waals surface area contributed by atoms with E-state index in [1.165, 1.54) is 0 Å². The van der Waals surface area contributed by atoms with Crippen molar-refractivity contribution in [1.82, 2.24) is 14.7 Å². The SMILES string of the molecule is CC(C)(CO)CCCNC(=O)Cc1cn2ccccc2n1. The van der Waals surface area contributed by atoms with Crippen LogP contribution in [0.5, 0.6) is 0 Å². The van der Waals surface area contributed by atoms with E-state index in [-0.39, 0.29) is 17.9 Å². The second-order valence-corrected chi connectivity index (χ2v) is 6.15. The van der Waals surface area contributed by atoms with Crippen molar-refractivity contribution < 1.29 is 9.90 Å². The van der Waals surface area contributed by atoms with Crippen molar-refractivity contribution in [3.8, 4) is 0 Å². The van der Waals surface area contributed by atoms with E-state index in [0.717, 1.165) is 24.2 Å². The minimum atomic E-state index is -0.0771. The highest BCUT2D eigenvalue weighted by atomic mass is 16.3. The number of fused-ring (bicyclic) bond motifs is 1. The van der Waals surface area contributed by atoms with Gasteiger partial charge < -0.3 is 14.8 Å². The fraction of sp³-hybridized carbons (Fsp3) is 0.500. The highest BCUT2D eigenvalue weighted by Crippen LogP contribution is 2.20. The molecule has 0 saturated carbocycles. The summed E-state index contributed by atoms with van der Waals surface area (Å²) in [5.41, 5.74) is 1.55. The molecule has 2 N–H and O–H groups in total. The summed E-state index contributed by atoms with van der Waals surface area (Å²) in [6, 6.07) is 5.77. The molecule has 5 nitrogen and oxygen atoms in total. The van der Waals surface area contributed by atoms with Gasteiger partial charge >= 0.3 is 0 Å². The monoisotopic (exact) mass is 289 g/mol. The lowest BCUT2D eigenvalue weighted by molar-refractivity contribution is -0.120. The van der Waals surface area contributed by atoms with Gasteiger partial charge in [0.15, 0.2) is 0 Å². The predicted molar refractivity (Wildman–Crippen MR) is 82.0 cm³/mol. The molecule has 114 valence electrons. The molecule has 0 spiro atoms. The molecule has 0 aliphatic rings. The van der Waals surface area contributed by atoms with Crippen molar-refractivity contribution in [2.45, 2.75) is 33.1 Å². The van der Waals surface area contributed by atoms with Crippen LogP contribution in [0, 0.1) is 5.41 Å². The molecule has 0 aliphatic heterocycles. The van der Waals surface area contributed by atoms with Crippen molar-refractivity contribution in [3.63, 3.8) is 0 Å². The second-order valence-electron chi connectivity index (χ2n) is 6.15. The lowest BCUT2D eigenvalue weighted by Crippen LogP contribution is -2.27. The van der Waals surface area contributed by atoms with Gasteiger partial charge in [-0.15, -0.1) is 0 Å². The molecule has 0 saturated heterocycles. The minimum Gasteiger partial charge on any atom is -0.396 e. The van der Waals surface area contributed by atoms with Crippen LogP contribution in [0.15, 0.2) is 30.6 Å². The number of hydrogen-bond donors (Lipinski definition) is 2. The highest BCUT2D eigenvalue weighted by molar-refractivity contribution is 5.78. The number of nitrogens with zero attached hydrogens (tertiary/aromatic N) is 2. The van der Waals surface area contributed by atoms with Crippen LogP contribution in [0.2, 0.25) is 0 Å². The minimum absolute atomic E-state index is 0.0137. The van der Waals surface area contributed by atoms with Gasteiger partial charge in [-0.3, -0.25) is 4.79 Å². The summed E-state index contributed by atoms with van der Waals surface area (Å²) in [4.78, 5) is 16.3. The third-order valence-corrected chi connectivity index (χ3v) is 3.54. The topological polar surface area (TPSA) is 66.6 Å². The first-order valence-corrected chi connectivity index (χ1v) is 7.30. The zero-order valence-electron chi connectivity index (χ0n) is 12.7. The molecule has 21 heavy (non-hydrogen) atoms. The summed E-state index contributed by atoms with van der Waals surface area (Å²) in [7, 11) is 0. The quantitative estimate of drug-likeness (QED) is 0.764. The molecule has 0 aliphatic carbocycles. The molecule has 0 bridgehead atoms. The Hall–Kier alpha value is -1.88. The lowest BCUT2D eigenvalue weighted by Gasteiger charge is -2.21. The van der Waals surface area contributed by atoms with E-state index in [0.29, 0.717) is 13.0 Å². The Morgan fingerprint density at radius 2 is 2.24 bits per heavy atom. The van der Waals surface area contributed by atoms with Crippen molar-refractivity contribution in [3.05, 3.63) is 36.3 Å². The number of rotatable bonds is 7. The molecule has 2 rings (SSSR count). The lowest BCUT2D eigenvalue weighted by atomic mass is 9.89. The molecule has 0 unspecified atom stereocenters. The maximum atomic E-state index is 11.9. The third-order valence-electron chi connectivity index (χ3n) is 3.54. The van der Waals surface area contributed by atoms with Crippen LogP contribution in [0.4, 0.5) is 0 Å². The molecule has 0 atom stereocenters. The van der Waals surface area contributed by atoms with Gasteiger partial charge in [-0.1, -0.05) is 19.9 Å². The first-order chi connectivity index (χ1) is 10.00. The molecule has 2 aromatic heterocycles. The Morgan fingerprint density at radius 1 is 1.43 bits per heavy atom. The van der Waals surface area contributed by atoms with Crippen molar-refractivity contribution >= 4 is 11.6 Å². The van der Waals surface area contributed by atoms with Crippen LogP contribution in [0.25, 0.3) is 5.65 Å². The van der Waals surface area contributed by atoms with Crippen LogP contribution in [0.1, 0.15) is 32.4 Å². The van der Waals surface area contributed by atoms with Crippen molar-refractivity contribution in [2.75, 3.05) is 13.2 Å². The van der Waals surface area contributed by atoms with Gasteiger partial charge in [-0.05, 0) is 30.4 Å². The maximum Gasteiger partial charge on any atom is 0.226 e. The molecular weight excluding hydrogens is 266 g/mol. The van der Waals surface area contributed by atoms with Crippen LogP contribution in [0.3, 0.4) is 0 Å². The zero-order chi connectivity index (χ0) is 15.3. The summed E-state index contributed by atoms with van der Waals surface area (Å²) in [5.74, 6) is -0.0137. The number of carbonyl (C=O) groups is 1. The molecular formula is C16H23N3O2. The summed E-state index contributed by atoms with van der Waals surface area (Å²) in [6.07, 6.45) is 5.85. The second kappa shape index (κ2) is 6.72. The fourth-order valence-corrected chi connectivity index (χ4v) is 2.17. The molecule has 0 radical (unpaired) electrons. The highest BCUT2D eigenvalue weighted by Gasteiger charge is 2.15.